The summed E-state index contributed by atoms with van der Waals surface area (Å²) in [7, 11) is 1.45. The zero-order valence-corrected chi connectivity index (χ0v) is 14.0. The van der Waals surface area contributed by atoms with Gasteiger partial charge in [0.2, 0.25) is 0 Å². The van der Waals surface area contributed by atoms with Crippen LogP contribution < -0.4 is 4.74 Å². The molecule has 0 spiro atoms. The summed E-state index contributed by atoms with van der Waals surface area (Å²) in [6, 6.07) is 5.39. The van der Waals surface area contributed by atoms with E-state index in [1.54, 1.807) is 18.2 Å². The smallest absolute Gasteiger partial charge is 0.176 e. The summed E-state index contributed by atoms with van der Waals surface area (Å²) in [4.78, 5) is 0. The summed E-state index contributed by atoms with van der Waals surface area (Å²) in [6.45, 7) is 0.816. The monoisotopic (exact) mass is 344 g/mol. The highest BCUT2D eigenvalue weighted by atomic mass is 35.5. The number of methoxy groups -OCH3 is 1. The minimum atomic E-state index is -0.119. The number of fused-ring (bicyclic) bond motifs is 1. The molecule has 7 heteroatoms. The Balaban J connectivity index is 2.04. The second-order valence-electron chi connectivity index (χ2n) is 5.63. The highest BCUT2D eigenvalue weighted by Gasteiger charge is 2.18. The molecule has 0 atom stereocenters. The van der Waals surface area contributed by atoms with Gasteiger partial charge in [-0.15, -0.1) is 10.2 Å². The Morgan fingerprint density at radius 3 is 2.96 bits per heavy atom. The molecule has 1 aliphatic heterocycles. The van der Waals surface area contributed by atoms with Crippen molar-refractivity contribution in [3.8, 4) is 17.6 Å². The summed E-state index contributed by atoms with van der Waals surface area (Å²) in [5.74, 6) is 1.62. The molecule has 1 aromatic heterocycles. The Bertz CT molecular complexity index is 836. The first-order chi connectivity index (χ1) is 11.6. The van der Waals surface area contributed by atoms with Crippen LogP contribution in [-0.2, 0) is 13.0 Å². The van der Waals surface area contributed by atoms with Crippen molar-refractivity contribution in [1.29, 1.82) is 5.26 Å². The van der Waals surface area contributed by atoms with E-state index in [2.05, 4.69) is 16.3 Å². The van der Waals surface area contributed by atoms with Crippen molar-refractivity contribution in [2.45, 2.75) is 32.2 Å². The van der Waals surface area contributed by atoms with E-state index in [0.29, 0.717) is 17.0 Å². The van der Waals surface area contributed by atoms with Gasteiger partial charge in [-0.2, -0.15) is 5.26 Å². The Hall–Kier alpha value is -2.52. The highest BCUT2D eigenvalue weighted by Crippen LogP contribution is 2.36. The second-order valence-corrected chi connectivity index (χ2v) is 6.03. The molecule has 0 unspecified atom stereocenters. The molecule has 0 aliphatic carbocycles. The van der Waals surface area contributed by atoms with Crippen LogP contribution in [0.25, 0.3) is 11.6 Å². The molecule has 0 saturated carbocycles. The maximum Gasteiger partial charge on any atom is 0.176 e. The fraction of sp³-hybridized carbons (Fsp3) is 0.353. The number of aromatic nitrogens is 3. The number of aromatic hydroxyl groups is 1. The molecule has 0 fully saturated rings. The zero-order valence-electron chi connectivity index (χ0n) is 13.3. The predicted octanol–water partition coefficient (Wildman–Crippen LogP) is 3.44. The third kappa shape index (κ3) is 3.08. The zero-order chi connectivity index (χ0) is 17.1. The average Bonchev–Trinajstić information content (AvgIpc) is 2.83. The third-order valence-electron chi connectivity index (χ3n) is 4.05. The summed E-state index contributed by atoms with van der Waals surface area (Å²) < 4.78 is 7.11. The van der Waals surface area contributed by atoms with E-state index >= 15 is 0 Å². The third-order valence-corrected chi connectivity index (χ3v) is 4.34. The van der Waals surface area contributed by atoms with Crippen LogP contribution in [0.3, 0.4) is 0 Å². The SMILES string of the molecule is COc1cc(C=C(C#N)c2nnc3n2CCCCC3)cc(Cl)c1O. The molecule has 1 N–H and O–H groups in total. The van der Waals surface area contributed by atoms with Crippen molar-refractivity contribution < 1.29 is 9.84 Å². The van der Waals surface area contributed by atoms with Crippen LogP contribution in [0.4, 0.5) is 0 Å². The number of allylic oxidation sites excluding steroid dienone is 1. The number of benzene rings is 1. The number of halogens is 1. The normalized spacial score (nSPS) is 14.6. The maximum absolute atomic E-state index is 9.82. The molecule has 0 radical (unpaired) electrons. The lowest BCUT2D eigenvalue weighted by molar-refractivity contribution is 0.373. The van der Waals surface area contributed by atoms with Gasteiger partial charge in [0.05, 0.1) is 17.7 Å². The largest absolute Gasteiger partial charge is 0.503 e. The molecular formula is C17H17ClN4O2. The lowest BCUT2D eigenvalue weighted by Crippen LogP contribution is -2.05. The van der Waals surface area contributed by atoms with E-state index < -0.39 is 0 Å². The van der Waals surface area contributed by atoms with Gasteiger partial charge < -0.3 is 14.4 Å². The number of rotatable bonds is 3. The molecule has 0 bridgehead atoms. The number of phenolic OH excluding ortho intramolecular Hbond substituents is 1. The van der Waals surface area contributed by atoms with E-state index in [0.717, 1.165) is 38.1 Å². The minimum Gasteiger partial charge on any atom is -0.503 e. The van der Waals surface area contributed by atoms with Crippen molar-refractivity contribution in [3.63, 3.8) is 0 Å². The van der Waals surface area contributed by atoms with Crippen LogP contribution in [0.1, 0.15) is 36.5 Å². The van der Waals surface area contributed by atoms with E-state index in [4.69, 9.17) is 16.3 Å². The molecule has 2 heterocycles. The van der Waals surface area contributed by atoms with E-state index in [9.17, 15) is 10.4 Å². The highest BCUT2D eigenvalue weighted by molar-refractivity contribution is 6.32. The van der Waals surface area contributed by atoms with Gasteiger partial charge >= 0.3 is 0 Å². The number of phenols is 1. The number of nitrogens with zero attached hydrogens (tertiary/aromatic N) is 4. The topological polar surface area (TPSA) is 84.0 Å². The van der Waals surface area contributed by atoms with Gasteiger partial charge in [0.1, 0.15) is 11.9 Å². The Morgan fingerprint density at radius 2 is 2.21 bits per heavy atom. The van der Waals surface area contributed by atoms with Gasteiger partial charge in [0.25, 0.3) is 0 Å². The molecule has 0 amide bonds. The molecule has 1 aliphatic rings. The quantitative estimate of drug-likeness (QED) is 0.862. The van der Waals surface area contributed by atoms with E-state index in [-0.39, 0.29) is 16.5 Å². The summed E-state index contributed by atoms with van der Waals surface area (Å²) in [5.41, 5.74) is 1.05. The molecule has 6 nitrogen and oxygen atoms in total. The van der Waals surface area contributed by atoms with Crippen molar-refractivity contribution in [1.82, 2.24) is 14.8 Å². The molecule has 24 heavy (non-hydrogen) atoms. The fourth-order valence-corrected chi connectivity index (χ4v) is 3.05. The van der Waals surface area contributed by atoms with Crippen LogP contribution >= 0.6 is 11.6 Å². The molecular weight excluding hydrogens is 328 g/mol. The number of nitriles is 1. The standard InChI is InChI=1S/C17H17ClN4O2/c1-24-14-9-11(8-13(18)16(14)23)7-12(10-19)17-21-20-15-5-3-2-4-6-22(15)17/h7-9,23H,2-6H2,1H3. The summed E-state index contributed by atoms with van der Waals surface area (Å²) >= 11 is 6.01. The molecule has 1 aromatic carbocycles. The summed E-state index contributed by atoms with van der Waals surface area (Å²) in [5, 5.41) is 28.0. The first-order valence-corrected chi connectivity index (χ1v) is 8.12. The van der Waals surface area contributed by atoms with Crippen molar-refractivity contribution in [3.05, 3.63) is 34.4 Å². The lowest BCUT2D eigenvalue weighted by Gasteiger charge is -2.08. The number of aryl methyl sites for hydroxylation is 1. The Morgan fingerprint density at radius 1 is 1.38 bits per heavy atom. The average molecular weight is 345 g/mol. The number of hydrogen-bond acceptors (Lipinski definition) is 5. The number of ether oxygens (including phenoxy) is 1. The van der Waals surface area contributed by atoms with E-state index in [1.165, 1.54) is 7.11 Å². The van der Waals surface area contributed by atoms with Gasteiger partial charge in [0, 0.05) is 13.0 Å². The van der Waals surface area contributed by atoms with Gasteiger partial charge in [-0.25, -0.2) is 0 Å². The van der Waals surface area contributed by atoms with Crippen molar-refractivity contribution in [2.24, 2.45) is 0 Å². The summed E-state index contributed by atoms with van der Waals surface area (Å²) in [6.07, 6.45) is 5.85. The van der Waals surface area contributed by atoms with Crippen LogP contribution in [0.5, 0.6) is 11.5 Å². The van der Waals surface area contributed by atoms with Crippen LogP contribution in [0, 0.1) is 11.3 Å². The lowest BCUT2D eigenvalue weighted by atomic mass is 10.1. The van der Waals surface area contributed by atoms with Crippen LogP contribution in [0.15, 0.2) is 12.1 Å². The molecule has 0 saturated heterocycles. The van der Waals surface area contributed by atoms with E-state index in [1.807, 2.05) is 4.57 Å². The van der Waals surface area contributed by atoms with Gasteiger partial charge in [-0.3, -0.25) is 0 Å². The second kappa shape index (κ2) is 6.93. The molecule has 2 aromatic rings. The van der Waals surface area contributed by atoms with Crippen LogP contribution in [-0.4, -0.2) is 27.0 Å². The van der Waals surface area contributed by atoms with Gasteiger partial charge in [-0.05, 0) is 36.6 Å². The van der Waals surface area contributed by atoms with Gasteiger partial charge in [-0.1, -0.05) is 18.0 Å². The predicted molar refractivity (Wildman–Crippen MR) is 90.7 cm³/mol. The van der Waals surface area contributed by atoms with Crippen LogP contribution in [0.2, 0.25) is 5.02 Å². The maximum atomic E-state index is 9.82. The first kappa shape index (κ1) is 16.3. The van der Waals surface area contributed by atoms with Crippen molar-refractivity contribution >= 4 is 23.3 Å². The Kier molecular flexibility index (Phi) is 4.72. The van der Waals surface area contributed by atoms with Crippen molar-refractivity contribution in [2.75, 3.05) is 7.11 Å². The Labute approximate surface area is 145 Å². The first-order valence-electron chi connectivity index (χ1n) is 7.74. The molecule has 3 rings (SSSR count). The minimum absolute atomic E-state index is 0.119. The number of hydrogen-bond donors (Lipinski definition) is 1. The fourth-order valence-electron chi connectivity index (χ4n) is 2.83. The molecule has 124 valence electrons. The van der Waals surface area contributed by atoms with Gasteiger partial charge in [0.15, 0.2) is 17.3 Å².